The number of nitrogens with zero attached hydrogens (tertiary/aromatic N) is 2. The quantitative estimate of drug-likeness (QED) is 0.894. The smallest absolute Gasteiger partial charge is 0.292 e. The fourth-order valence-corrected chi connectivity index (χ4v) is 2.04. The zero-order chi connectivity index (χ0) is 14.1. The standard InChI is InChI=1S/C13H13ClN4O2/c14-9-4-2-1-3-8(9)10(15)13-17-11(18-20-13)12(19)16-7-5-6-7/h1-4,7,10H,5-6,15H2,(H,16,19)/t10-/m1/s1. The maximum Gasteiger partial charge on any atom is 0.292 e. The van der Waals surface area contributed by atoms with Crippen LogP contribution in [0.15, 0.2) is 28.8 Å². The Bertz CT molecular complexity index is 639. The van der Waals surface area contributed by atoms with E-state index >= 15 is 0 Å². The van der Waals surface area contributed by atoms with E-state index in [1.807, 2.05) is 6.07 Å². The second kappa shape index (κ2) is 5.22. The van der Waals surface area contributed by atoms with Crippen molar-refractivity contribution in [3.8, 4) is 0 Å². The summed E-state index contributed by atoms with van der Waals surface area (Å²) >= 11 is 6.07. The summed E-state index contributed by atoms with van der Waals surface area (Å²) in [6, 6.07) is 6.72. The van der Waals surface area contributed by atoms with E-state index in [2.05, 4.69) is 15.5 Å². The van der Waals surface area contributed by atoms with Crippen LogP contribution in [0.2, 0.25) is 5.02 Å². The predicted octanol–water partition coefficient (Wildman–Crippen LogP) is 1.66. The average molecular weight is 293 g/mol. The van der Waals surface area contributed by atoms with Crippen LogP contribution in [0.3, 0.4) is 0 Å². The zero-order valence-electron chi connectivity index (χ0n) is 10.5. The molecule has 0 saturated heterocycles. The number of halogens is 1. The number of nitrogens with one attached hydrogen (secondary N) is 1. The van der Waals surface area contributed by atoms with Gasteiger partial charge in [-0.3, -0.25) is 4.79 Å². The number of amides is 1. The van der Waals surface area contributed by atoms with E-state index in [1.165, 1.54) is 0 Å². The monoisotopic (exact) mass is 292 g/mol. The van der Waals surface area contributed by atoms with Crippen LogP contribution in [0.1, 0.15) is 41.0 Å². The summed E-state index contributed by atoms with van der Waals surface area (Å²) in [6.45, 7) is 0. The molecule has 1 amide bonds. The van der Waals surface area contributed by atoms with Gasteiger partial charge in [-0.1, -0.05) is 35.0 Å². The molecule has 7 heteroatoms. The van der Waals surface area contributed by atoms with E-state index in [0.29, 0.717) is 10.6 Å². The molecule has 1 fully saturated rings. The van der Waals surface area contributed by atoms with E-state index in [1.54, 1.807) is 18.2 Å². The van der Waals surface area contributed by atoms with Crippen molar-refractivity contribution in [3.63, 3.8) is 0 Å². The van der Waals surface area contributed by atoms with Crippen LogP contribution >= 0.6 is 11.6 Å². The van der Waals surface area contributed by atoms with Crippen molar-refractivity contribution in [2.24, 2.45) is 5.73 Å². The number of rotatable bonds is 4. The van der Waals surface area contributed by atoms with Gasteiger partial charge in [0.2, 0.25) is 5.89 Å². The molecule has 3 N–H and O–H groups in total. The Morgan fingerprint density at radius 1 is 1.45 bits per heavy atom. The molecule has 0 unspecified atom stereocenters. The highest BCUT2D eigenvalue weighted by atomic mass is 35.5. The number of benzene rings is 1. The lowest BCUT2D eigenvalue weighted by Crippen LogP contribution is -2.26. The molecule has 1 aromatic heterocycles. The Morgan fingerprint density at radius 2 is 2.20 bits per heavy atom. The van der Waals surface area contributed by atoms with Crippen LogP contribution in [-0.2, 0) is 0 Å². The third-order valence-corrected chi connectivity index (χ3v) is 3.41. The molecule has 1 atom stereocenters. The van der Waals surface area contributed by atoms with Crippen molar-refractivity contribution in [1.82, 2.24) is 15.5 Å². The molecule has 6 nitrogen and oxygen atoms in total. The Labute approximate surface area is 120 Å². The maximum absolute atomic E-state index is 11.8. The largest absolute Gasteiger partial charge is 0.346 e. The molecule has 0 radical (unpaired) electrons. The number of hydrogen-bond donors (Lipinski definition) is 2. The van der Waals surface area contributed by atoms with Gasteiger partial charge < -0.3 is 15.6 Å². The second-order valence-corrected chi connectivity index (χ2v) is 5.11. The minimum absolute atomic E-state index is 0.00518. The van der Waals surface area contributed by atoms with Gasteiger partial charge in [-0.2, -0.15) is 4.98 Å². The van der Waals surface area contributed by atoms with Gasteiger partial charge in [0.25, 0.3) is 11.7 Å². The molecule has 1 aliphatic rings. The first-order chi connectivity index (χ1) is 9.65. The minimum atomic E-state index is -0.654. The molecule has 1 aliphatic carbocycles. The fraction of sp³-hybridized carbons (Fsp3) is 0.308. The number of carbonyl (C=O) groups is 1. The van der Waals surface area contributed by atoms with Crippen LogP contribution in [0.25, 0.3) is 0 Å². The number of nitrogens with two attached hydrogens (primary N) is 1. The summed E-state index contributed by atoms with van der Waals surface area (Å²) in [4.78, 5) is 15.8. The van der Waals surface area contributed by atoms with Crippen molar-refractivity contribution in [2.75, 3.05) is 0 Å². The zero-order valence-corrected chi connectivity index (χ0v) is 11.3. The Hall–Kier alpha value is -1.92. The van der Waals surface area contributed by atoms with Crippen LogP contribution in [-0.4, -0.2) is 22.1 Å². The number of aromatic nitrogens is 2. The molecule has 1 saturated carbocycles. The van der Waals surface area contributed by atoms with Gasteiger partial charge in [0, 0.05) is 11.1 Å². The van der Waals surface area contributed by atoms with E-state index in [9.17, 15) is 4.79 Å². The van der Waals surface area contributed by atoms with Gasteiger partial charge in [0.1, 0.15) is 6.04 Å². The fourth-order valence-electron chi connectivity index (χ4n) is 1.79. The highest BCUT2D eigenvalue weighted by molar-refractivity contribution is 6.31. The predicted molar refractivity (Wildman–Crippen MR) is 72.3 cm³/mol. The molecule has 20 heavy (non-hydrogen) atoms. The van der Waals surface area contributed by atoms with Crippen molar-refractivity contribution in [1.29, 1.82) is 0 Å². The average Bonchev–Trinajstić information content (AvgIpc) is 3.11. The molecule has 104 valence electrons. The topological polar surface area (TPSA) is 94.0 Å². The van der Waals surface area contributed by atoms with E-state index in [4.69, 9.17) is 21.9 Å². The van der Waals surface area contributed by atoms with E-state index in [-0.39, 0.29) is 23.7 Å². The van der Waals surface area contributed by atoms with Crippen molar-refractivity contribution < 1.29 is 9.32 Å². The van der Waals surface area contributed by atoms with Gasteiger partial charge in [-0.05, 0) is 24.5 Å². The first-order valence-electron chi connectivity index (χ1n) is 6.29. The molecule has 1 heterocycles. The van der Waals surface area contributed by atoms with Gasteiger partial charge in [0.15, 0.2) is 0 Å². The third-order valence-electron chi connectivity index (χ3n) is 3.06. The Morgan fingerprint density at radius 3 is 2.90 bits per heavy atom. The van der Waals surface area contributed by atoms with Gasteiger partial charge in [0.05, 0.1) is 0 Å². The Kier molecular flexibility index (Phi) is 3.42. The minimum Gasteiger partial charge on any atom is -0.346 e. The van der Waals surface area contributed by atoms with Crippen molar-refractivity contribution >= 4 is 17.5 Å². The maximum atomic E-state index is 11.8. The highest BCUT2D eigenvalue weighted by Crippen LogP contribution is 2.25. The second-order valence-electron chi connectivity index (χ2n) is 4.70. The number of hydrogen-bond acceptors (Lipinski definition) is 5. The highest BCUT2D eigenvalue weighted by Gasteiger charge is 2.27. The van der Waals surface area contributed by atoms with Crippen LogP contribution in [0.4, 0.5) is 0 Å². The molecule has 0 aliphatic heterocycles. The van der Waals surface area contributed by atoms with Crippen molar-refractivity contribution in [3.05, 3.63) is 46.6 Å². The first-order valence-corrected chi connectivity index (χ1v) is 6.67. The summed E-state index contributed by atoms with van der Waals surface area (Å²) in [6.07, 6.45) is 1.99. The van der Waals surface area contributed by atoms with E-state index in [0.717, 1.165) is 12.8 Å². The van der Waals surface area contributed by atoms with Gasteiger partial charge in [-0.15, -0.1) is 0 Å². The van der Waals surface area contributed by atoms with Crippen LogP contribution < -0.4 is 11.1 Å². The first kappa shape index (κ1) is 13.1. The van der Waals surface area contributed by atoms with Crippen LogP contribution in [0, 0.1) is 0 Å². The molecule has 1 aromatic carbocycles. The summed E-state index contributed by atoms with van der Waals surface area (Å²) in [7, 11) is 0. The lowest BCUT2D eigenvalue weighted by molar-refractivity contribution is 0.0937. The number of carbonyl (C=O) groups excluding carboxylic acids is 1. The lowest BCUT2D eigenvalue weighted by Gasteiger charge is -2.08. The van der Waals surface area contributed by atoms with Gasteiger partial charge in [-0.25, -0.2) is 0 Å². The molecule has 0 bridgehead atoms. The molecular formula is C13H13ClN4O2. The molecule has 0 spiro atoms. The van der Waals surface area contributed by atoms with E-state index < -0.39 is 6.04 Å². The summed E-state index contributed by atoms with van der Waals surface area (Å²) in [5.41, 5.74) is 6.70. The van der Waals surface area contributed by atoms with Crippen molar-refractivity contribution in [2.45, 2.75) is 24.9 Å². The molecule has 3 rings (SSSR count). The summed E-state index contributed by atoms with van der Waals surface area (Å²) < 4.78 is 5.05. The summed E-state index contributed by atoms with van der Waals surface area (Å²) in [5, 5.41) is 6.95. The SMILES string of the molecule is N[C@@H](c1nc(C(=O)NC2CC2)no1)c1ccccc1Cl. The van der Waals surface area contributed by atoms with Gasteiger partial charge >= 0.3 is 0 Å². The Balaban J connectivity index is 1.78. The normalized spacial score (nSPS) is 15.9. The third kappa shape index (κ3) is 2.66. The molecule has 2 aromatic rings. The van der Waals surface area contributed by atoms with Crippen LogP contribution in [0.5, 0.6) is 0 Å². The summed E-state index contributed by atoms with van der Waals surface area (Å²) in [5.74, 6) is -0.178. The molecular weight excluding hydrogens is 280 g/mol. The lowest BCUT2D eigenvalue weighted by atomic mass is 10.1.